The molecule has 0 saturated carbocycles. The van der Waals surface area contributed by atoms with Gasteiger partial charge < -0.3 is 14.6 Å². The molecule has 2 N–H and O–H groups in total. The molecule has 25 heavy (non-hydrogen) atoms. The van der Waals surface area contributed by atoms with Crippen LogP contribution in [0.2, 0.25) is 18.1 Å². The molecular weight excluding hydrogens is 328 g/mol. The third-order valence-electron chi connectivity index (χ3n) is 5.43. The lowest BCUT2D eigenvalue weighted by molar-refractivity contribution is 0.0569. The van der Waals surface area contributed by atoms with Crippen molar-refractivity contribution in [3.8, 4) is 0 Å². The maximum Gasteiger partial charge on any atom is 0.192 e. The molecule has 3 nitrogen and oxygen atoms in total. The molecular formula is C21H36O3Si. The average Bonchev–Trinajstić information content (AvgIpc) is 2.54. The van der Waals surface area contributed by atoms with E-state index in [2.05, 4.69) is 65.1 Å². The van der Waals surface area contributed by atoms with Crippen LogP contribution in [0.15, 0.2) is 36.4 Å². The van der Waals surface area contributed by atoms with Gasteiger partial charge in [0, 0.05) is 5.41 Å². The molecule has 0 aliphatic rings. The van der Waals surface area contributed by atoms with Crippen LogP contribution < -0.4 is 0 Å². The summed E-state index contributed by atoms with van der Waals surface area (Å²) in [4.78, 5) is 0. The fourth-order valence-electron chi connectivity index (χ4n) is 2.38. The molecule has 0 bridgehead atoms. The van der Waals surface area contributed by atoms with Crippen molar-refractivity contribution in [2.75, 3.05) is 19.8 Å². The van der Waals surface area contributed by atoms with Crippen molar-refractivity contribution in [1.29, 1.82) is 0 Å². The Morgan fingerprint density at radius 3 is 2.04 bits per heavy atom. The Morgan fingerprint density at radius 2 is 1.56 bits per heavy atom. The van der Waals surface area contributed by atoms with Gasteiger partial charge in [-0.15, -0.1) is 0 Å². The number of aryl methyl sites for hydroxylation is 1. The van der Waals surface area contributed by atoms with Crippen LogP contribution in [-0.2, 0) is 10.8 Å². The van der Waals surface area contributed by atoms with Crippen molar-refractivity contribution < 1.29 is 14.6 Å². The first kappa shape index (κ1) is 22.1. The van der Waals surface area contributed by atoms with Crippen LogP contribution in [0.4, 0.5) is 0 Å². The molecule has 0 aliphatic heterocycles. The summed E-state index contributed by atoms with van der Waals surface area (Å²) in [6, 6.07) is 8.27. The quantitative estimate of drug-likeness (QED) is 0.502. The first-order valence-electron chi connectivity index (χ1n) is 9.11. The Labute approximate surface area is 154 Å². The first-order valence-corrected chi connectivity index (χ1v) is 12.0. The molecule has 0 radical (unpaired) electrons. The highest BCUT2D eigenvalue weighted by molar-refractivity contribution is 6.74. The predicted octanol–water partition coefficient (Wildman–Crippen LogP) is 4.48. The molecule has 0 amide bonds. The Hall–Kier alpha value is -0.943. The fraction of sp³-hybridized carbons (Fsp3) is 0.619. The van der Waals surface area contributed by atoms with E-state index >= 15 is 0 Å². The van der Waals surface area contributed by atoms with Crippen LogP contribution in [0, 0.1) is 12.3 Å². The lowest BCUT2D eigenvalue weighted by atomic mass is 9.80. The van der Waals surface area contributed by atoms with E-state index in [4.69, 9.17) is 4.43 Å². The molecule has 142 valence electrons. The van der Waals surface area contributed by atoms with Crippen molar-refractivity contribution >= 4 is 8.32 Å². The van der Waals surface area contributed by atoms with Crippen molar-refractivity contribution in [3.63, 3.8) is 0 Å². The van der Waals surface area contributed by atoms with Crippen LogP contribution in [0.3, 0.4) is 0 Å². The molecule has 0 aliphatic carbocycles. The summed E-state index contributed by atoms with van der Waals surface area (Å²) in [5, 5.41) is 19.9. The van der Waals surface area contributed by atoms with E-state index in [0.29, 0.717) is 19.4 Å². The largest absolute Gasteiger partial charge is 0.413 e. The molecule has 0 saturated heterocycles. The van der Waals surface area contributed by atoms with Gasteiger partial charge in [0.05, 0.1) is 19.8 Å². The normalized spacial score (nSPS) is 13.6. The SMILES string of the molecule is Cc1ccc(CC(CO)(CO)C/C=C/CO[Si](C)(C)C(C)(C)C)cc1. The van der Waals surface area contributed by atoms with Crippen molar-refractivity contribution in [3.05, 3.63) is 47.5 Å². The molecule has 1 aromatic carbocycles. The molecule has 0 fully saturated rings. The van der Waals surface area contributed by atoms with E-state index in [1.807, 2.05) is 12.2 Å². The van der Waals surface area contributed by atoms with Gasteiger partial charge >= 0.3 is 0 Å². The van der Waals surface area contributed by atoms with E-state index in [1.165, 1.54) is 5.56 Å². The summed E-state index contributed by atoms with van der Waals surface area (Å²) in [6.07, 6.45) is 5.35. The summed E-state index contributed by atoms with van der Waals surface area (Å²) in [5.74, 6) is 0. The number of aliphatic hydroxyl groups excluding tert-OH is 2. The minimum atomic E-state index is -1.73. The summed E-state index contributed by atoms with van der Waals surface area (Å²) >= 11 is 0. The van der Waals surface area contributed by atoms with Crippen molar-refractivity contribution in [1.82, 2.24) is 0 Å². The van der Waals surface area contributed by atoms with Gasteiger partial charge in [0.2, 0.25) is 0 Å². The van der Waals surface area contributed by atoms with E-state index in [0.717, 1.165) is 5.56 Å². The van der Waals surface area contributed by atoms with Gasteiger partial charge in [-0.1, -0.05) is 62.8 Å². The maximum atomic E-state index is 9.87. The van der Waals surface area contributed by atoms with Crippen LogP contribution in [0.1, 0.15) is 38.3 Å². The van der Waals surface area contributed by atoms with Gasteiger partial charge in [-0.05, 0) is 43.5 Å². The minimum Gasteiger partial charge on any atom is -0.413 e. The zero-order chi connectivity index (χ0) is 19.1. The number of allylic oxidation sites excluding steroid dienone is 1. The van der Waals surface area contributed by atoms with Gasteiger partial charge in [-0.2, -0.15) is 0 Å². The summed E-state index contributed by atoms with van der Waals surface area (Å²) in [6.45, 7) is 13.7. The number of aliphatic hydroxyl groups is 2. The maximum absolute atomic E-state index is 9.87. The lowest BCUT2D eigenvalue weighted by Gasteiger charge is -2.35. The van der Waals surface area contributed by atoms with Gasteiger partial charge in [0.25, 0.3) is 0 Å². The number of rotatable bonds is 9. The molecule has 0 unspecified atom stereocenters. The van der Waals surface area contributed by atoms with Crippen molar-refractivity contribution in [2.45, 2.75) is 58.7 Å². The van der Waals surface area contributed by atoms with E-state index in [9.17, 15) is 10.2 Å². The number of hydrogen-bond donors (Lipinski definition) is 2. The van der Waals surface area contributed by atoms with Crippen LogP contribution >= 0.6 is 0 Å². The Morgan fingerprint density at radius 1 is 1.00 bits per heavy atom. The predicted molar refractivity (Wildman–Crippen MR) is 108 cm³/mol. The molecule has 0 heterocycles. The third kappa shape index (κ3) is 6.70. The Bertz CT molecular complexity index is 537. The van der Waals surface area contributed by atoms with Gasteiger partial charge in [-0.3, -0.25) is 0 Å². The molecule has 1 aromatic rings. The Kier molecular flexibility index (Phi) is 8.07. The van der Waals surface area contributed by atoms with E-state index in [-0.39, 0.29) is 18.3 Å². The standard InChI is InChI=1S/C21H36O3Si/c1-18-9-11-19(12-10-18)15-21(16-22,17-23)13-7-8-14-24-25(5,6)20(2,3)4/h7-12,22-23H,13-17H2,1-6H3/b8-7+. The molecule has 0 spiro atoms. The smallest absolute Gasteiger partial charge is 0.192 e. The van der Waals surface area contributed by atoms with E-state index < -0.39 is 13.7 Å². The van der Waals surface area contributed by atoms with E-state index in [1.54, 1.807) is 0 Å². The third-order valence-corrected chi connectivity index (χ3v) is 9.94. The highest BCUT2D eigenvalue weighted by atomic mass is 28.4. The summed E-state index contributed by atoms with van der Waals surface area (Å²) in [5.41, 5.74) is 1.83. The minimum absolute atomic E-state index is 0.0369. The molecule has 0 atom stereocenters. The second kappa shape index (κ2) is 9.13. The average molecular weight is 365 g/mol. The van der Waals surface area contributed by atoms with Crippen LogP contribution in [0.5, 0.6) is 0 Å². The monoisotopic (exact) mass is 364 g/mol. The van der Waals surface area contributed by atoms with Crippen molar-refractivity contribution in [2.24, 2.45) is 5.41 Å². The van der Waals surface area contributed by atoms with Gasteiger partial charge in [-0.25, -0.2) is 0 Å². The fourth-order valence-corrected chi connectivity index (χ4v) is 3.32. The zero-order valence-electron chi connectivity index (χ0n) is 16.8. The molecule has 4 heteroatoms. The highest BCUT2D eigenvalue weighted by Crippen LogP contribution is 2.36. The second-order valence-electron chi connectivity index (χ2n) is 8.73. The molecule has 1 rings (SSSR count). The Balaban J connectivity index is 2.64. The summed E-state index contributed by atoms with van der Waals surface area (Å²) in [7, 11) is -1.73. The van der Waals surface area contributed by atoms with Gasteiger partial charge in [0.1, 0.15) is 0 Å². The molecule has 0 aromatic heterocycles. The summed E-state index contributed by atoms with van der Waals surface area (Å²) < 4.78 is 6.13. The highest BCUT2D eigenvalue weighted by Gasteiger charge is 2.36. The lowest BCUT2D eigenvalue weighted by Crippen LogP contribution is -2.40. The van der Waals surface area contributed by atoms with Gasteiger partial charge in [0.15, 0.2) is 8.32 Å². The number of hydrogen-bond acceptors (Lipinski definition) is 3. The first-order chi connectivity index (χ1) is 11.6. The number of benzene rings is 1. The van der Waals surface area contributed by atoms with Crippen LogP contribution in [-0.4, -0.2) is 38.4 Å². The second-order valence-corrected chi connectivity index (χ2v) is 13.5. The topological polar surface area (TPSA) is 49.7 Å². The van der Waals surface area contributed by atoms with Crippen LogP contribution in [0.25, 0.3) is 0 Å². The zero-order valence-corrected chi connectivity index (χ0v) is 17.8.